The minimum Gasteiger partial charge on any atom is -0.456 e. The first-order valence-corrected chi connectivity index (χ1v) is 11.5. The van der Waals surface area contributed by atoms with Gasteiger partial charge in [-0.05, 0) is 12.1 Å². The molecule has 12 nitrogen and oxygen atoms in total. The Morgan fingerprint density at radius 1 is 1.24 bits per heavy atom. The minimum atomic E-state index is -0.635. The van der Waals surface area contributed by atoms with Crippen molar-refractivity contribution in [1.29, 1.82) is 0 Å². The van der Waals surface area contributed by atoms with Gasteiger partial charge in [0.1, 0.15) is 24.1 Å². The van der Waals surface area contributed by atoms with E-state index in [4.69, 9.17) is 35.3 Å². The summed E-state index contributed by atoms with van der Waals surface area (Å²) in [6.07, 6.45) is 0.203. The first-order valence-electron chi connectivity index (χ1n) is 11.1. The third-order valence-electron chi connectivity index (χ3n) is 5.68. The topological polar surface area (TPSA) is 138 Å². The maximum absolute atomic E-state index is 9.88. The highest BCUT2D eigenvalue weighted by atomic mass is 35.5. The predicted molar refractivity (Wildman–Crippen MR) is 121 cm³/mol. The van der Waals surface area contributed by atoms with Crippen LogP contribution in [-0.4, -0.2) is 94.4 Å². The van der Waals surface area contributed by atoms with E-state index in [0.29, 0.717) is 67.5 Å². The first kappa shape index (κ1) is 23.3. The molecule has 5 heterocycles. The van der Waals surface area contributed by atoms with Crippen LogP contribution in [0, 0.1) is 0 Å². The van der Waals surface area contributed by atoms with E-state index in [-0.39, 0.29) is 24.9 Å². The van der Waals surface area contributed by atoms with Crippen LogP contribution in [0.15, 0.2) is 18.3 Å². The number of halogens is 1. The summed E-state index contributed by atoms with van der Waals surface area (Å²) in [4.78, 5) is 12.0. The zero-order chi connectivity index (χ0) is 23.5. The molecule has 2 aliphatic rings. The fourth-order valence-corrected chi connectivity index (χ4v) is 4.18. The average Bonchev–Trinajstić information content (AvgIpc) is 3.59. The van der Waals surface area contributed by atoms with Crippen LogP contribution >= 0.6 is 11.6 Å². The van der Waals surface area contributed by atoms with E-state index >= 15 is 0 Å². The Morgan fingerprint density at radius 2 is 2.12 bits per heavy atom. The Hall–Kier alpha value is -2.48. The molecule has 0 bridgehead atoms. The molecule has 4 atom stereocenters. The summed E-state index contributed by atoms with van der Waals surface area (Å²) >= 11 is 6.42. The minimum absolute atomic E-state index is 0.238. The van der Waals surface area contributed by atoms with Gasteiger partial charge in [-0.15, -0.1) is 0 Å². The van der Waals surface area contributed by atoms with Crippen LogP contribution < -0.4 is 10.1 Å². The molecule has 0 radical (unpaired) electrons. The van der Waals surface area contributed by atoms with Crippen molar-refractivity contribution in [2.45, 2.75) is 37.5 Å². The molecule has 2 fully saturated rings. The number of fused-ring (bicyclic) bond motifs is 2. The number of methoxy groups -OCH3 is 1. The number of rotatable bonds is 11. The lowest BCUT2D eigenvalue weighted by Gasteiger charge is -2.15. The number of imidazole rings is 1. The summed E-state index contributed by atoms with van der Waals surface area (Å²) in [6.45, 7) is 3.36. The normalized spacial score (nSPS) is 24.1. The number of nitrogens with zero attached hydrogens (tertiary/aromatic N) is 4. The van der Waals surface area contributed by atoms with E-state index in [1.54, 1.807) is 13.2 Å². The van der Waals surface area contributed by atoms with E-state index in [1.807, 2.05) is 16.9 Å². The number of pyridine rings is 1. The lowest BCUT2D eigenvalue weighted by Crippen LogP contribution is -2.34. The number of anilines is 1. The molecular formula is C21H27ClN6O6. The Labute approximate surface area is 200 Å². The summed E-state index contributed by atoms with van der Waals surface area (Å²) in [5, 5.41) is 18.1. The molecular weight excluding hydrogens is 468 g/mol. The fraction of sp³-hybridized carbons (Fsp3) is 0.571. The van der Waals surface area contributed by atoms with Gasteiger partial charge in [0.2, 0.25) is 0 Å². The number of aromatic nitrogens is 5. The maximum atomic E-state index is 9.88. The molecule has 13 heteroatoms. The first-order chi connectivity index (χ1) is 16.6. The van der Waals surface area contributed by atoms with Gasteiger partial charge < -0.3 is 39.1 Å². The molecule has 184 valence electrons. The molecule has 2 aliphatic heterocycles. The van der Waals surface area contributed by atoms with Crippen molar-refractivity contribution in [2.75, 3.05) is 45.5 Å². The molecule has 0 saturated carbocycles. The number of H-pyrrole nitrogens is 1. The largest absolute Gasteiger partial charge is 0.456 e. The highest BCUT2D eigenvalue weighted by Crippen LogP contribution is 2.30. The molecule has 3 aromatic rings. The van der Waals surface area contributed by atoms with Gasteiger partial charge in [-0.2, -0.15) is 10.1 Å². The van der Waals surface area contributed by atoms with Gasteiger partial charge >= 0.3 is 0 Å². The second-order valence-corrected chi connectivity index (χ2v) is 8.49. The third-order valence-corrected chi connectivity index (χ3v) is 5.97. The van der Waals surface area contributed by atoms with E-state index < -0.39 is 6.10 Å². The molecule has 3 aromatic heterocycles. The van der Waals surface area contributed by atoms with Crippen LogP contribution in [0.25, 0.3) is 11.2 Å². The summed E-state index contributed by atoms with van der Waals surface area (Å²) in [7, 11) is 1.64. The van der Waals surface area contributed by atoms with Crippen LogP contribution in [-0.2, 0) is 32.0 Å². The molecule has 5 rings (SSSR count). The van der Waals surface area contributed by atoms with Gasteiger partial charge in [0.05, 0.1) is 62.4 Å². The third kappa shape index (κ3) is 5.11. The Morgan fingerprint density at radius 3 is 3.00 bits per heavy atom. The summed E-state index contributed by atoms with van der Waals surface area (Å²) in [5.41, 5.74) is 1.95. The van der Waals surface area contributed by atoms with Crippen molar-refractivity contribution in [3.63, 3.8) is 0 Å². The van der Waals surface area contributed by atoms with Crippen molar-refractivity contribution in [3.8, 4) is 6.01 Å². The zero-order valence-electron chi connectivity index (χ0n) is 18.6. The Kier molecular flexibility index (Phi) is 7.13. The van der Waals surface area contributed by atoms with E-state index in [1.165, 1.54) is 0 Å². The second kappa shape index (κ2) is 10.4. The highest BCUT2D eigenvalue weighted by molar-refractivity contribution is 6.33. The van der Waals surface area contributed by atoms with Crippen LogP contribution in [0.4, 0.5) is 5.82 Å². The molecule has 34 heavy (non-hydrogen) atoms. The van der Waals surface area contributed by atoms with Crippen molar-refractivity contribution in [1.82, 2.24) is 24.7 Å². The number of ether oxygens (including phenoxy) is 5. The molecule has 3 N–H and O–H groups in total. The van der Waals surface area contributed by atoms with Gasteiger partial charge in [-0.25, -0.2) is 4.98 Å². The van der Waals surface area contributed by atoms with E-state index in [2.05, 4.69) is 25.4 Å². The second-order valence-electron chi connectivity index (χ2n) is 8.08. The van der Waals surface area contributed by atoms with Crippen LogP contribution in [0.2, 0.25) is 5.02 Å². The van der Waals surface area contributed by atoms with Crippen molar-refractivity contribution in [3.05, 3.63) is 29.0 Å². The van der Waals surface area contributed by atoms with Crippen molar-refractivity contribution in [2.24, 2.45) is 0 Å². The van der Waals surface area contributed by atoms with Gasteiger partial charge in [-0.3, -0.25) is 4.68 Å². The summed E-state index contributed by atoms with van der Waals surface area (Å²) in [5.74, 6) is 0.496. The van der Waals surface area contributed by atoms with Gasteiger partial charge in [0.15, 0.2) is 11.8 Å². The highest BCUT2D eigenvalue weighted by Gasteiger charge is 2.48. The quantitative estimate of drug-likeness (QED) is 0.331. The number of hydrogen-bond acceptors (Lipinski definition) is 10. The molecule has 2 saturated heterocycles. The predicted octanol–water partition coefficient (Wildman–Crippen LogP) is 0.989. The smallest absolute Gasteiger partial charge is 0.296 e. The summed E-state index contributed by atoms with van der Waals surface area (Å²) in [6, 6.07) is 3.96. The van der Waals surface area contributed by atoms with Gasteiger partial charge in [-0.1, -0.05) is 11.6 Å². The van der Waals surface area contributed by atoms with Gasteiger partial charge in [0.25, 0.3) is 6.01 Å². The number of aliphatic hydroxyl groups is 1. The molecule has 0 aliphatic carbocycles. The zero-order valence-corrected chi connectivity index (χ0v) is 19.4. The standard InChI is InChI=1S/C21H27ClN6O6/c1-30-6-7-31-5-4-28-3-2-12(27-28)9-23-19-13(22)8-14-20(25-19)26-21(24-14)34-16-11-33-17-15(29)10-32-18(16)17/h2-3,8,15-18,29H,4-7,9-11H2,1H3,(H2,23,24,25,26)/t15-,16-,17-,18-/m1/s1. The molecule has 0 spiro atoms. The fourth-order valence-electron chi connectivity index (χ4n) is 3.96. The lowest BCUT2D eigenvalue weighted by atomic mass is 10.1. The SMILES string of the molecule is COCCOCCn1ccc(CNc2nc3nc(O[C@@H]4CO[C@H]5[C@@H]4OC[C@H]5O)[nH]c3cc2Cl)n1. The van der Waals surface area contributed by atoms with E-state index in [9.17, 15) is 5.11 Å². The van der Waals surface area contributed by atoms with Crippen molar-refractivity contribution >= 4 is 28.6 Å². The van der Waals surface area contributed by atoms with Crippen LogP contribution in [0.5, 0.6) is 6.01 Å². The summed E-state index contributed by atoms with van der Waals surface area (Å²) < 4.78 is 29.4. The lowest BCUT2D eigenvalue weighted by molar-refractivity contribution is 0.00706. The molecule has 0 aromatic carbocycles. The Balaban J connectivity index is 1.17. The molecule has 0 amide bonds. The number of aromatic amines is 1. The monoisotopic (exact) mass is 494 g/mol. The number of nitrogens with one attached hydrogen (secondary N) is 2. The number of hydrogen-bond donors (Lipinski definition) is 3. The number of aliphatic hydroxyl groups excluding tert-OH is 1. The van der Waals surface area contributed by atoms with Gasteiger partial charge in [0, 0.05) is 13.3 Å². The maximum Gasteiger partial charge on any atom is 0.296 e. The molecule has 0 unspecified atom stereocenters. The van der Waals surface area contributed by atoms with E-state index in [0.717, 1.165) is 5.69 Å². The van der Waals surface area contributed by atoms with Crippen molar-refractivity contribution < 1.29 is 28.8 Å². The Bertz CT molecular complexity index is 1110. The average molecular weight is 495 g/mol. The van der Waals surface area contributed by atoms with Crippen LogP contribution in [0.1, 0.15) is 5.69 Å². The van der Waals surface area contributed by atoms with Crippen LogP contribution in [0.3, 0.4) is 0 Å².